The third-order valence-electron chi connectivity index (χ3n) is 5.33. The van der Waals surface area contributed by atoms with E-state index in [1.54, 1.807) is 24.3 Å². The second-order valence-corrected chi connectivity index (χ2v) is 9.18. The minimum absolute atomic E-state index is 0.0624. The highest BCUT2D eigenvalue weighted by molar-refractivity contribution is 7.98. The summed E-state index contributed by atoms with van der Waals surface area (Å²) in [5, 5.41) is 20.5. The van der Waals surface area contributed by atoms with E-state index < -0.39 is 35.9 Å². The maximum atomic E-state index is 12.9. The van der Waals surface area contributed by atoms with Gasteiger partial charge in [0.1, 0.15) is 18.1 Å². The van der Waals surface area contributed by atoms with Gasteiger partial charge in [-0.3, -0.25) is 14.4 Å². The number of amides is 3. The standard InChI is InChI=1S/C22H32N4O5S2/c1-33-11-9-16(20(28)25-17(22(30)31)12-14-6-3-2-4-7-14)24-21(29)18(13-32)26-19(27)15-8-5-10-23-15/h2-4,6-7,15-18,23,32H,5,8-13H2,1H3,(H,24,29)(H,25,28)(H,26,27)(H,30,31). The lowest BCUT2D eigenvalue weighted by molar-refractivity contribution is -0.142. The zero-order valence-electron chi connectivity index (χ0n) is 18.6. The molecule has 1 fully saturated rings. The van der Waals surface area contributed by atoms with Crippen molar-refractivity contribution in [3.05, 3.63) is 35.9 Å². The van der Waals surface area contributed by atoms with Gasteiger partial charge in [0, 0.05) is 12.2 Å². The van der Waals surface area contributed by atoms with Gasteiger partial charge in [0.25, 0.3) is 0 Å². The van der Waals surface area contributed by atoms with Crippen LogP contribution >= 0.6 is 24.4 Å². The lowest BCUT2D eigenvalue weighted by Gasteiger charge is -2.24. The van der Waals surface area contributed by atoms with E-state index in [0.29, 0.717) is 18.6 Å². The predicted molar refractivity (Wildman–Crippen MR) is 131 cm³/mol. The molecule has 1 aliphatic rings. The van der Waals surface area contributed by atoms with Crippen LogP contribution in [-0.2, 0) is 25.6 Å². The molecule has 182 valence electrons. The number of hydrogen-bond acceptors (Lipinski definition) is 7. The average Bonchev–Trinajstić information content (AvgIpc) is 3.35. The molecule has 0 radical (unpaired) electrons. The third-order valence-corrected chi connectivity index (χ3v) is 6.34. The highest BCUT2D eigenvalue weighted by Crippen LogP contribution is 2.08. The van der Waals surface area contributed by atoms with Crippen molar-refractivity contribution in [1.82, 2.24) is 21.3 Å². The highest BCUT2D eigenvalue weighted by atomic mass is 32.2. The molecule has 1 aromatic rings. The Balaban J connectivity index is 2.02. The molecular weight excluding hydrogens is 464 g/mol. The first-order chi connectivity index (χ1) is 15.8. The van der Waals surface area contributed by atoms with Gasteiger partial charge in [-0.25, -0.2) is 4.79 Å². The van der Waals surface area contributed by atoms with Crippen LogP contribution in [0.4, 0.5) is 0 Å². The minimum atomic E-state index is -1.16. The van der Waals surface area contributed by atoms with E-state index in [9.17, 15) is 24.3 Å². The van der Waals surface area contributed by atoms with E-state index in [0.717, 1.165) is 18.5 Å². The number of nitrogens with one attached hydrogen (secondary N) is 4. The Morgan fingerprint density at radius 1 is 1.09 bits per heavy atom. The summed E-state index contributed by atoms with van der Waals surface area (Å²) in [6.45, 7) is 0.750. The van der Waals surface area contributed by atoms with Gasteiger partial charge in [-0.05, 0) is 43.4 Å². The Bertz CT molecular complexity index is 805. The molecule has 33 heavy (non-hydrogen) atoms. The molecule has 2 rings (SSSR count). The summed E-state index contributed by atoms with van der Waals surface area (Å²) in [6, 6.07) is 5.66. The summed E-state index contributed by atoms with van der Waals surface area (Å²) < 4.78 is 0. The summed E-state index contributed by atoms with van der Waals surface area (Å²) in [6.07, 6.45) is 3.89. The van der Waals surface area contributed by atoms with Gasteiger partial charge >= 0.3 is 5.97 Å². The topological polar surface area (TPSA) is 137 Å². The van der Waals surface area contributed by atoms with Crippen molar-refractivity contribution in [2.24, 2.45) is 0 Å². The van der Waals surface area contributed by atoms with Crippen molar-refractivity contribution >= 4 is 48.1 Å². The van der Waals surface area contributed by atoms with Crippen molar-refractivity contribution < 1.29 is 24.3 Å². The summed E-state index contributed by atoms with van der Waals surface area (Å²) >= 11 is 5.68. The fourth-order valence-electron chi connectivity index (χ4n) is 3.47. The SMILES string of the molecule is CSCCC(NC(=O)C(CS)NC(=O)C1CCCN1)C(=O)NC(Cc1ccccc1)C(=O)O. The Hall–Kier alpha value is -2.24. The van der Waals surface area contributed by atoms with E-state index >= 15 is 0 Å². The van der Waals surface area contributed by atoms with Gasteiger partial charge in [-0.1, -0.05) is 30.3 Å². The van der Waals surface area contributed by atoms with Gasteiger partial charge in [0.15, 0.2) is 0 Å². The predicted octanol–water partition coefficient (Wildman–Crippen LogP) is 0.203. The molecule has 0 saturated carbocycles. The van der Waals surface area contributed by atoms with E-state index in [2.05, 4.69) is 33.9 Å². The first kappa shape index (κ1) is 27.0. The van der Waals surface area contributed by atoms with Crippen molar-refractivity contribution in [2.45, 2.75) is 49.9 Å². The van der Waals surface area contributed by atoms with Crippen LogP contribution in [0.15, 0.2) is 30.3 Å². The van der Waals surface area contributed by atoms with Gasteiger partial charge in [-0.2, -0.15) is 24.4 Å². The number of rotatable bonds is 13. The summed E-state index contributed by atoms with van der Waals surface area (Å²) in [7, 11) is 0. The van der Waals surface area contributed by atoms with E-state index in [4.69, 9.17) is 0 Å². The van der Waals surface area contributed by atoms with Crippen LogP contribution in [0.5, 0.6) is 0 Å². The Morgan fingerprint density at radius 3 is 2.33 bits per heavy atom. The Labute approximate surface area is 203 Å². The quantitative estimate of drug-likeness (QED) is 0.215. The van der Waals surface area contributed by atoms with Crippen molar-refractivity contribution in [3.8, 4) is 0 Å². The normalized spacial score (nSPS) is 18.1. The van der Waals surface area contributed by atoms with Crippen molar-refractivity contribution in [1.29, 1.82) is 0 Å². The number of thioether (sulfide) groups is 1. The largest absolute Gasteiger partial charge is 0.480 e. The molecule has 0 bridgehead atoms. The highest BCUT2D eigenvalue weighted by Gasteiger charge is 2.30. The van der Waals surface area contributed by atoms with Crippen LogP contribution in [0, 0.1) is 0 Å². The molecule has 1 aliphatic heterocycles. The number of carbonyl (C=O) groups is 4. The van der Waals surface area contributed by atoms with Crippen LogP contribution in [0.3, 0.4) is 0 Å². The molecule has 4 atom stereocenters. The van der Waals surface area contributed by atoms with Crippen LogP contribution in [0.1, 0.15) is 24.8 Å². The zero-order chi connectivity index (χ0) is 24.2. The fourth-order valence-corrected chi connectivity index (χ4v) is 4.20. The van der Waals surface area contributed by atoms with Crippen LogP contribution in [-0.4, -0.2) is 77.3 Å². The molecule has 4 unspecified atom stereocenters. The minimum Gasteiger partial charge on any atom is -0.480 e. The van der Waals surface area contributed by atoms with E-state index in [1.165, 1.54) is 11.8 Å². The summed E-state index contributed by atoms with van der Waals surface area (Å²) in [4.78, 5) is 49.8. The zero-order valence-corrected chi connectivity index (χ0v) is 20.3. The maximum absolute atomic E-state index is 12.9. The molecule has 0 aliphatic carbocycles. The Morgan fingerprint density at radius 2 is 1.76 bits per heavy atom. The number of hydrogen-bond donors (Lipinski definition) is 6. The molecule has 1 saturated heterocycles. The van der Waals surface area contributed by atoms with E-state index in [-0.39, 0.29) is 24.1 Å². The molecule has 9 nitrogen and oxygen atoms in total. The third kappa shape index (κ3) is 8.90. The number of thiol groups is 1. The summed E-state index contributed by atoms with van der Waals surface area (Å²) in [5.74, 6) is -1.91. The van der Waals surface area contributed by atoms with Gasteiger partial charge in [0.05, 0.1) is 6.04 Å². The number of carbonyl (C=O) groups excluding carboxylic acids is 3. The van der Waals surface area contributed by atoms with E-state index in [1.807, 2.05) is 12.3 Å². The second-order valence-electron chi connectivity index (χ2n) is 7.82. The van der Waals surface area contributed by atoms with Gasteiger partial charge in [-0.15, -0.1) is 0 Å². The first-order valence-corrected chi connectivity index (χ1v) is 12.9. The first-order valence-electron chi connectivity index (χ1n) is 10.9. The molecular formula is C22H32N4O5S2. The number of carboxylic acid groups (broad SMARTS) is 1. The lowest BCUT2D eigenvalue weighted by atomic mass is 10.1. The molecule has 5 N–H and O–H groups in total. The van der Waals surface area contributed by atoms with Crippen molar-refractivity contribution in [3.63, 3.8) is 0 Å². The lowest BCUT2D eigenvalue weighted by Crippen LogP contribution is -2.57. The number of carboxylic acids is 1. The van der Waals surface area contributed by atoms with Crippen molar-refractivity contribution in [2.75, 3.05) is 24.3 Å². The number of aliphatic carboxylic acids is 1. The second kappa shape index (κ2) is 14.1. The average molecular weight is 497 g/mol. The Kier molecular flexibility index (Phi) is 11.6. The summed E-state index contributed by atoms with van der Waals surface area (Å²) in [5.41, 5.74) is 0.772. The molecule has 11 heteroatoms. The van der Waals surface area contributed by atoms with Crippen LogP contribution < -0.4 is 21.3 Å². The molecule has 1 heterocycles. The van der Waals surface area contributed by atoms with Gasteiger partial charge < -0.3 is 26.4 Å². The monoisotopic (exact) mass is 496 g/mol. The fraction of sp³-hybridized carbons (Fsp3) is 0.545. The molecule has 0 aromatic heterocycles. The maximum Gasteiger partial charge on any atom is 0.326 e. The van der Waals surface area contributed by atoms with Crippen LogP contribution in [0.25, 0.3) is 0 Å². The number of benzene rings is 1. The smallest absolute Gasteiger partial charge is 0.326 e. The molecule has 0 spiro atoms. The van der Waals surface area contributed by atoms with Crippen LogP contribution in [0.2, 0.25) is 0 Å². The molecule has 3 amide bonds. The molecule has 1 aromatic carbocycles. The van der Waals surface area contributed by atoms with Gasteiger partial charge in [0.2, 0.25) is 17.7 Å².